The smallest absolute Gasteiger partial charge is 0.254 e. The van der Waals surface area contributed by atoms with Crippen LogP contribution in [0.1, 0.15) is 35.3 Å². The molecule has 1 N–H and O–H groups in total. The molecule has 0 atom stereocenters. The van der Waals surface area contributed by atoms with Crippen LogP contribution < -0.4 is 15.0 Å². The van der Waals surface area contributed by atoms with Crippen molar-refractivity contribution in [2.45, 2.75) is 33.4 Å². The number of fused-ring (bicyclic) bond motifs is 1. The number of hydrogen-bond acceptors (Lipinski definition) is 4. The first-order valence-electron chi connectivity index (χ1n) is 9.50. The first-order chi connectivity index (χ1) is 13.8. The number of pyridine rings is 1. The van der Waals surface area contributed by atoms with Gasteiger partial charge in [0.05, 0.1) is 26.3 Å². The number of aromatic amines is 1. The highest BCUT2D eigenvalue weighted by molar-refractivity contribution is 5.95. The molecule has 6 nitrogen and oxygen atoms in total. The third-order valence-corrected chi connectivity index (χ3v) is 5.02. The summed E-state index contributed by atoms with van der Waals surface area (Å²) in [6, 6.07) is 12.7. The zero-order valence-corrected chi connectivity index (χ0v) is 17.4. The van der Waals surface area contributed by atoms with Gasteiger partial charge < -0.3 is 19.4 Å². The number of carbonyl (C=O) groups excluding carboxylic acids is 1. The number of H-pyrrole nitrogens is 1. The molecule has 0 fully saturated rings. The average Bonchev–Trinajstić information content (AvgIpc) is 2.71. The molecule has 29 heavy (non-hydrogen) atoms. The van der Waals surface area contributed by atoms with Gasteiger partial charge >= 0.3 is 0 Å². The maximum atomic E-state index is 13.2. The number of methoxy groups -OCH3 is 2. The minimum atomic E-state index is -0.183. The molecule has 0 saturated carbocycles. The summed E-state index contributed by atoms with van der Waals surface area (Å²) in [6.07, 6.45) is 0. The van der Waals surface area contributed by atoms with E-state index in [0.717, 1.165) is 16.5 Å². The summed E-state index contributed by atoms with van der Waals surface area (Å²) in [7, 11) is 3.08. The van der Waals surface area contributed by atoms with E-state index < -0.39 is 0 Å². The van der Waals surface area contributed by atoms with E-state index in [4.69, 9.17) is 9.47 Å². The van der Waals surface area contributed by atoms with Crippen molar-refractivity contribution in [1.29, 1.82) is 0 Å². The Balaban J connectivity index is 1.97. The molecular weight excluding hydrogens is 368 g/mol. The summed E-state index contributed by atoms with van der Waals surface area (Å²) in [4.78, 5) is 30.5. The van der Waals surface area contributed by atoms with Crippen LogP contribution in [0.2, 0.25) is 0 Å². The lowest BCUT2D eigenvalue weighted by molar-refractivity contribution is 0.0689. The fourth-order valence-electron chi connectivity index (χ4n) is 3.35. The number of aryl methyl sites for hydroxylation is 1. The van der Waals surface area contributed by atoms with Gasteiger partial charge in [-0.1, -0.05) is 18.2 Å². The van der Waals surface area contributed by atoms with E-state index in [0.29, 0.717) is 22.6 Å². The van der Waals surface area contributed by atoms with Crippen molar-refractivity contribution in [2.24, 2.45) is 0 Å². The third-order valence-electron chi connectivity index (χ3n) is 5.02. The summed E-state index contributed by atoms with van der Waals surface area (Å²) in [5.74, 6) is 0.868. The highest BCUT2D eigenvalue weighted by Crippen LogP contribution is 2.28. The van der Waals surface area contributed by atoms with Crippen molar-refractivity contribution in [3.8, 4) is 11.5 Å². The van der Waals surface area contributed by atoms with E-state index >= 15 is 0 Å². The van der Waals surface area contributed by atoms with E-state index in [9.17, 15) is 9.59 Å². The minimum absolute atomic E-state index is 0.0943. The molecular formula is C23H26N2O4. The van der Waals surface area contributed by atoms with Crippen molar-refractivity contribution in [3.63, 3.8) is 0 Å². The second kappa shape index (κ2) is 8.39. The van der Waals surface area contributed by atoms with Gasteiger partial charge in [-0.05, 0) is 56.0 Å². The number of rotatable bonds is 6. The van der Waals surface area contributed by atoms with Gasteiger partial charge in [-0.25, -0.2) is 0 Å². The molecule has 1 heterocycles. The van der Waals surface area contributed by atoms with Crippen LogP contribution in [0.3, 0.4) is 0 Å². The molecule has 2 aromatic carbocycles. The molecule has 0 aliphatic heterocycles. The predicted octanol–water partition coefficient (Wildman–Crippen LogP) is 3.90. The molecule has 0 aliphatic rings. The molecule has 0 saturated heterocycles. The number of nitrogens with zero attached hydrogens (tertiary/aromatic N) is 1. The van der Waals surface area contributed by atoms with E-state index in [-0.39, 0.29) is 24.1 Å². The number of nitrogens with one attached hydrogen (secondary N) is 1. The summed E-state index contributed by atoms with van der Waals surface area (Å²) in [5.41, 5.74) is 2.67. The number of para-hydroxylation sites is 1. The molecule has 3 rings (SSSR count). The van der Waals surface area contributed by atoms with Crippen molar-refractivity contribution in [2.75, 3.05) is 14.2 Å². The molecule has 0 radical (unpaired) electrons. The summed E-state index contributed by atoms with van der Waals surface area (Å²) < 4.78 is 10.6. The van der Waals surface area contributed by atoms with Gasteiger partial charge in [-0.2, -0.15) is 0 Å². The second-order valence-electron chi connectivity index (χ2n) is 7.26. The number of aromatic nitrogens is 1. The number of carbonyl (C=O) groups is 1. The third kappa shape index (κ3) is 4.11. The molecule has 6 heteroatoms. The Morgan fingerprint density at radius 3 is 2.45 bits per heavy atom. The van der Waals surface area contributed by atoms with Crippen LogP contribution in [-0.4, -0.2) is 36.1 Å². The molecule has 1 aromatic heterocycles. The zero-order valence-electron chi connectivity index (χ0n) is 17.4. The van der Waals surface area contributed by atoms with Gasteiger partial charge in [-0.3, -0.25) is 9.59 Å². The first-order valence-corrected chi connectivity index (χ1v) is 9.50. The van der Waals surface area contributed by atoms with Crippen LogP contribution in [0.4, 0.5) is 0 Å². The van der Waals surface area contributed by atoms with Crippen molar-refractivity contribution >= 4 is 16.8 Å². The van der Waals surface area contributed by atoms with Crippen LogP contribution in [0.25, 0.3) is 10.9 Å². The maximum absolute atomic E-state index is 13.2. The van der Waals surface area contributed by atoms with E-state index in [1.807, 2.05) is 45.0 Å². The van der Waals surface area contributed by atoms with Crippen LogP contribution in [-0.2, 0) is 6.54 Å². The number of amides is 1. The van der Waals surface area contributed by atoms with Gasteiger partial charge in [0.2, 0.25) is 0 Å². The molecule has 0 bridgehead atoms. The lowest BCUT2D eigenvalue weighted by Gasteiger charge is -2.27. The highest BCUT2D eigenvalue weighted by Gasteiger charge is 2.22. The van der Waals surface area contributed by atoms with Crippen LogP contribution in [0, 0.1) is 6.92 Å². The lowest BCUT2D eigenvalue weighted by atomic mass is 10.1. The van der Waals surface area contributed by atoms with Crippen LogP contribution >= 0.6 is 0 Å². The number of ether oxygens (including phenoxy) is 2. The fraction of sp³-hybridized carbons (Fsp3) is 0.304. The van der Waals surface area contributed by atoms with Crippen LogP contribution in [0.5, 0.6) is 11.5 Å². The largest absolute Gasteiger partial charge is 0.493 e. The summed E-state index contributed by atoms with van der Waals surface area (Å²) in [5, 5.41) is 0.946. The van der Waals surface area contributed by atoms with Crippen LogP contribution in [0.15, 0.2) is 47.3 Å². The molecule has 0 aliphatic carbocycles. The Labute approximate surface area is 170 Å². The highest BCUT2D eigenvalue weighted by atomic mass is 16.5. The first kappa shape index (κ1) is 20.5. The van der Waals surface area contributed by atoms with E-state index in [2.05, 4.69) is 4.98 Å². The van der Waals surface area contributed by atoms with E-state index in [1.54, 1.807) is 30.2 Å². The van der Waals surface area contributed by atoms with Gasteiger partial charge in [0, 0.05) is 17.2 Å². The molecule has 1 amide bonds. The summed E-state index contributed by atoms with van der Waals surface area (Å²) in [6.45, 7) is 6.03. The maximum Gasteiger partial charge on any atom is 0.254 e. The Kier molecular flexibility index (Phi) is 5.92. The second-order valence-corrected chi connectivity index (χ2v) is 7.26. The number of hydrogen-bond donors (Lipinski definition) is 1. The summed E-state index contributed by atoms with van der Waals surface area (Å²) >= 11 is 0. The number of benzene rings is 2. The standard InChI is InChI=1S/C23H26N2O4/c1-14(2)25(23(27)17-9-10-19(28-4)20(12-17)29-5)13-18-11-16-8-6-7-15(3)21(16)24-22(18)26/h6-12,14H,13H2,1-5H3,(H,24,26). The SMILES string of the molecule is COc1ccc(C(=O)N(Cc2cc3cccc(C)c3[nH]c2=O)C(C)C)cc1OC. The Bertz CT molecular complexity index is 1100. The lowest BCUT2D eigenvalue weighted by Crippen LogP contribution is -2.38. The monoisotopic (exact) mass is 394 g/mol. The van der Waals surface area contributed by atoms with Gasteiger partial charge in [0.1, 0.15) is 0 Å². The van der Waals surface area contributed by atoms with Crippen molar-refractivity contribution < 1.29 is 14.3 Å². The topological polar surface area (TPSA) is 71.6 Å². The Hall–Kier alpha value is -3.28. The normalized spacial score (nSPS) is 11.0. The van der Waals surface area contributed by atoms with E-state index in [1.165, 1.54) is 7.11 Å². The molecule has 152 valence electrons. The average molecular weight is 394 g/mol. The fourth-order valence-corrected chi connectivity index (χ4v) is 3.35. The van der Waals surface area contributed by atoms with Gasteiger partial charge in [0.25, 0.3) is 11.5 Å². The minimum Gasteiger partial charge on any atom is -0.493 e. The Morgan fingerprint density at radius 1 is 1.07 bits per heavy atom. The predicted molar refractivity (Wildman–Crippen MR) is 114 cm³/mol. The molecule has 3 aromatic rings. The van der Waals surface area contributed by atoms with Crippen molar-refractivity contribution in [3.05, 3.63) is 69.5 Å². The van der Waals surface area contributed by atoms with Gasteiger partial charge in [0.15, 0.2) is 11.5 Å². The Morgan fingerprint density at radius 2 is 1.79 bits per heavy atom. The quantitative estimate of drug-likeness (QED) is 0.688. The van der Waals surface area contributed by atoms with Crippen molar-refractivity contribution in [1.82, 2.24) is 9.88 Å². The zero-order chi connectivity index (χ0) is 21.1. The van der Waals surface area contributed by atoms with Gasteiger partial charge in [-0.15, -0.1) is 0 Å². The molecule has 0 unspecified atom stereocenters. The molecule has 0 spiro atoms.